The van der Waals surface area contributed by atoms with Crippen molar-refractivity contribution in [2.24, 2.45) is 0 Å². The van der Waals surface area contributed by atoms with Crippen molar-refractivity contribution in [3.05, 3.63) is 59.8 Å². The first kappa shape index (κ1) is 19.5. The van der Waals surface area contributed by atoms with Crippen LogP contribution in [0, 0.1) is 0 Å². The maximum atomic E-state index is 5.55. The minimum atomic E-state index is 0.976. The monoisotopic (exact) mass is 404 g/mol. The number of para-hydroxylation sites is 3. The number of hydrogen-bond acceptors (Lipinski definition) is 4. The van der Waals surface area contributed by atoms with Crippen molar-refractivity contribution in [3.63, 3.8) is 0 Å². The molecule has 1 fully saturated rings. The summed E-state index contributed by atoms with van der Waals surface area (Å²) in [6, 6.07) is 17.3. The lowest BCUT2D eigenvalue weighted by molar-refractivity contribution is 0.249. The van der Waals surface area contributed by atoms with Gasteiger partial charge in [0, 0.05) is 55.9 Å². The number of piperazine rings is 1. The standard InChI is InChI=1S/C25H32N4O/c1-30-25-10-5-4-9-23(25)28-17-15-27(16-18-28)13-6-14-29-22-8-3-2-7-20(22)21-11-12-26-19-24(21)29/h2-5,7-10,26H,6,11-19H2,1H3. The fraction of sp³-hybridized carbons (Fsp3) is 0.440. The molecular weight excluding hydrogens is 372 g/mol. The fourth-order valence-corrected chi connectivity index (χ4v) is 5.14. The number of anilines is 1. The molecule has 2 aliphatic rings. The van der Waals surface area contributed by atoms with Gasteiger partial charge in [0.1, 0.15) is 5.75 Å². The summed E-state index contributed by atoms with van der Waals surface area (Å²) in [5.41, 5.74) is 5.70. The molecule has 3 heterocycles. The predicted molar refractivity (Wildman–Crippen MR) is 124 cm³/mol. The Morgan fingerprint density at radius 3 is 2.60 bits per heavy atom. The summed E-state index contributed by atoms with van der Waals surface area (Å²) in [4.78, 5) is 5.07. The van der Waals surface area contributed by atoms with Crippen LogP contribution in [0.4, 0.5) is 5.69 Å². The Bertz CT molecular complexity index is 1000. The van der Waals surface area contributed by atoms with E-state index in [1.807, 2.05) is 6.07 Å². The molecule has 0 radical (unpaired) electrons. The molecule has 158 valence electrons. The molecule has 3 aromatic rings. The lowest BCUT2D eigenvalue weighted by atomic mass is 10.1. The highest BCUT2D eigenvalue weighted by Crippen LogP contribution is 2.30. The van der Waals surface area contributed by atoms with Crippen LogP contribution in [0.1, 0.15) is 17.7 Å². The maximum absolute atomic E-state index is 5.55. The molecule has 0 spiro atoms. The molecule has 0 amide bonds. The number of methoxy groups -OCH3 is 1. The number of aryl methyl sites for hydroxylation is 1. The fourth-order valence-electron chi connectivity index (χ4n) is 5.14. The van der Waals surface area contributed by atoms with Crippen molar-refractivity contribution < 1.29 is 4.74 Å². The van der Waals surface area contributed by atoms with Gasteiger partial charge in [-0.1, -0.05) is 30.3 Å². The van der Waals surface area contributed by atoms with E-state index in [1.165, 1.54) is 28.7 Å². The number of ether oxygens (including phenoxy) is 1. The molecule has 30 heavy (non-hydrogen) atoms. The van der Waals surface area contributed by atoms with E-state index in [0.29, 0.717) is 0 Å². The number of hydrogen-bond donors (Lipinski definition) is 1. The molecule has 0 bridgehead atoms. The normalized spacial score (nSPS) is 17.3. The van der Waals surface area contributed by atoms with Crippen LogP contribution < -0.4 is 15.0 Å². The molecule has 2 aliphatic heterocycles. The predicted octanol–water partition coefficient (Wildman–Crippen LogP) is 3.51. The average molecular weight is 405 g/mol. The smallest absolute Gasteiger partial charge is 0.142 e. The van der Waals surface area contributed by atoms with Gasteiger partial charge in [0.2, 0.25) is 0 Å². The Labute approximate surface area is 179 Å². The van der Waals surface area contributed by atoms with Gasteiger partial charge in [-0.25, -0.2) is 0 Å². The summed E-state index contributed by atoms with van der Waals surface area (Å²) in [5, 5.41) is 5.02. The highest BCUT2D eigenvalue weighted by atomic mass is 16.5. The van der Waals surface area contributed by atoms with Gasteiger partial charge in [0.05, 0.1) is 12.8 Å². The van der Waals surface area contributed by atoms with E-state index in [0.717, 1.165) is 64.5 Å². The molecule has 0 unspecified atom stereocenters. The van der Waals surface area contributed by atoms with E-state index >= 15 is 0 Å². The molecule has 1 saturated heterocycles. The van der Waals surface area contributed by atoms with E-state index in [-0.39, 0.29) is 0 Å². The Kier molecular flexibility index (Phi) is 5.65. The number of aromatic nitrogens is 1. The summed E-state index contributed by atoms with van der Waals surface area (Å²) in [5.74, 6) is 0.976. The van der Waals surface area contributed by atoms with E-state index < -0.39 is 0 Å². The van der Waals surface area contributed by atoms with Crippen LogP contribution in [0.25, 0.3) is 10.9 Å². The third-order valence-electron chi connectivity index (χ3n) is 6.69. The second-order valence-electron chi connectivity index (χ2n) is 8.37. The van der Waals surface area contributed by atoms with Gasteiger partial charge >= 0.3 is 0 Å². The SMILES string of the molecule is COc1ccccc1N1CCN(CCCn2c3c(c4ccccc42)CCNC3)CC1. The minimum Gasteiger partial charge on any atom is -0.495 e. The molecular formula is C25H32N4O. The lowest BCUT2D eigenvalue weighted by Gasteiger charge is -2.36. The summed E-state index contributed by atoms with van der Waals surface area (Å²) < 4.78 is 8.12. The summed E-state index contributed by atoms with van der Waals surface area (Å²) in [7, 11) is 1.76. The number of rotatable bonds is 6. The van der Waals surface area contributed by atoms with Crippen molar-refractivity contribution >= 4 is 16.6 Å². The Morgan fingerprint density at radius 2 is 1.73 bits per heavy atom. The molecule has 0 atom stereocenters. The van der Waals surface area contributed by atoms with E-state index in [4.69, 9.17) is 4.74 Å². The van der Waals surface area contributed by atoms with Gasteiger partial charge in [-0.2, -0.15) is 0 Å². The third-order valence-corrected chi connectivity index (χ3v) is 6.69. The summed E-state index contributed by atoms with van der Waals surface area (Å²) >= 11 is 0. The second kappa shape index (κ2) is 8.70. The summed E-state index contributed by atoms with van der Waals surface area (Å²) in [6.45, 7) is 8.71. The van der Waals surface area contributed by atoms with E-state index in [1.54, 1.807) is 12.7 Å². The van der Waals surface area contributed by atoms with Gasteiger partial charge in [-0.15, -0.1) is 0 Å². The van der Waals surface area contributed by atoms with Crippen LogP contribution in [0.3, 0.4) is 0 Å². The Balaban J connectivity index is 1.20. The number of fused-ring (bicyclic) bond motifs is 3. The highest BCUT2D eigenvalue weighted by Gasteiger charge is 2.21. The minimum absolute atomic E-state index is 0.976. The largest absolute Gasteiger partial charge is 0.495 e. The second-order valence-corrected chi connectivity index (χ2v) is 8.37. The lowest BCUT2D eigenvalue weighted by Crippen LogP contribution is -2.46. The van der Waals surface area contributed by atoms with Crippen LogP contribution in [0.15, 0.2) is 48.5 Å². The van der Waals surface area contributed by atoms with Crippen molar-refractivity contribution in [1.29, 1.82) is 0 Å². The molecule has 0 aliphatic carbocycles. The molecule has 5 heteroatoms. The van der Waals surface area contributed by atoms with Gasteiger partial charge in [-0.3, -0.25) is 4.90 Å². The first-order valence-corrected chi connectivity index (χ1v) is 11.2. The average Bonchev–Trinajstić information content (AvgIpc) is 3.13. The van der Waals surface area contributed by atoms with Gasteiger partial charge in [0.25, 0.3) is 0 Å². The highest BCUT2D eigenvalue weighted by molar-refractivity contribution is 5.85. The number of nitrogens with zero attached hydrogens (tertiary/aromatic N) is 3. The number of benzene rings is 2. The number of nitrogens with one attached hydrogen (secondary N) is 1. The van der Waals surface area contributed by atoms with Gasteiger partial charge in [0.15, 0.2) is 0 Å². The Hall–Kier alpha value is -2.50. The quantitative estimate of drug-likeness (QED) is 0.682. The topological polar surface area (TPSA) is 32.7 Å². The first-order valence-electron chi connectivity index (χ1n) is 11.2. The van der Waals surface area contributed by atoms with E-state index in [9.17, 15) is 0 Å². The summed E-state index contributed by atoms with van der Waals surface area (Å²) in [6.07, 6.45) is 2.34. The molecule has 5 rings (SSSR count). The molecule has 0 saturated carbocycles. The van der Waals surface area contributed by atoms with Crippen molar-refractivity contribution in [2.75, 3.05) is 51.3 Å². The van der Waals surface area contributed by atoms with Crippen LogP contribution in [0.5, 0.6) is 5.75 Å². The maximum Gasteiger partial charge on any atom is 0.142 e. The van der Waals surface area contributed by atoms with Crippen LogP contribution in [-0.4, -0.2) is 55.8 Å². The third kappa shape index (κ3) is 3.68. The molecule has 5 nitrogen and oxygen atoms in total. The zero-order valence-electron chi connectivity index (χ0n) is 17.9. The van der Waals surface area contributed by atoms with Gasteiger partial charge < -0.3 is 19.5 Å². The van der Waals surface area contributed by atoms with Crippen LogP contribution >= 0.6 is 0 Å². The Morgan fingerprint density at radius 1 is 0.933 bits per heavy atom. The molecule has 2 aromatic carbocycles. The molecule has 1 aromatic heterocycles. The van der Waals surface area contributed by atoms with Crippen LogP contribution in [-0.2, 0) is 19.5 Å². The van der Waals surface area contributed by atoms with Crippen molar-refractivity contribution in [2.45, 2.75) is 25.9 Å². The molecule has 1 N–H and O–H groups in total. The first-order chi connectivity index (χ1) is 14.8. The van der Waals surface area contributed by atoms with Gasteiger partial charge in [-0.05, 0) is 49.7 Å². The van der Waals surface area contributed by atoms with Crippen molar-refractivity contribution in [3.8, 4) is 5.75 Å². The van der Waals surface area contributed by atoms with Crippen LogP contribution in [0.2, 0.25) is 0 Å². The van der Waals surface area contributed by atoms with E-state index in [2.05, 4.69) is 62.1 Å². The zero-order chi connectivity index (χ0) is 20.3. The van der Waals surface area contributed by atoms with Crippen molar-refractivity contribution in [1.82, 2.24) is 14.8 Å². The zero-order valence-corrected chi connectivity index (χ0v) is 17.9.